The summed E-state index contributed by atoms with van der Waals surface area (Å²) in [5.74, 6) is -3.43. The van der Waals surface area contributed by atoms with Crippen molar-refractivity contribution in [1.82, 2.24) is 10.6 Å². The van der Waals surface area contributed by atoms with E-state index in [0.29, 0.717) is 0 Å². The van der Waals surface area contributed by atoms with Crippen molar-refractivity contribution in [2.75, 3.05) is 13.1 Å². The largest absolute Gasteiger partial charge is 2.00 e. The number of thiol groups is 2. The number of amides is 2. The Morgan fingerprint density at radius 2 is 1.10 bits per heavy atom. The molecule has 0 aliphatic heterocycles. The van der Waals surface area contributed by atoms with E-state index in [0.717, 1.165) is 0 Å². The fourth-order valence-electron chi connectivity index (χ4n) is 0.614. The molecule has 2 atom stereocenters. The summed E-state index contributed by atoms with van der Waals surface area (Å²) in [5.41, 5.74) is 0. The smallest absolute Gasteiger partial charge is 0.548 e. The maximum absolute atomic E-state index is 10.6. The molecule has 116 valence electrons. The molecule has 2 unspecified atom stereocenters. The van der Waals surface area contributed by atoms with Crippen LogP contribution in [0.25, 0.3) is 0 Å². The molecule has 2 amide bonds. The van der Waals surface area contributed by atoms with Gasteiger partial charge in [-0.25, -0.2) is 0 Å². The summed E-state index contributed by atoms with van der Waals surface area (Å²) in [6.07, 6.45) is 0. The van der Waals surface area contributed by atoms with Gasteiger partial charge in [-0.3, -0.25) is 9.59 Å². The van der Waals surface area contributed by atoms with Gasteiger partial charge < -0.3 is 30.4 Å². The molecule has 21 heavy (non-hydrogen) atoms. The van der Waals surface area contributed by atoms with E-state index in [9.17, 15) is 29.4 Å². The molecule has 0 aromatic carbocycles. The van der Waals surface area contributed by atoms with Gasteiger partial charge in [0.2, 0.25) is 11.8 Å². The molecule has 0 bridgehead atoms. The molecule has 0 radical (unpaired) electrons. The van der Waals surface area contributed by atoms with Crippen LogP contribution in [0.4, 0.5) is 0 Å². The van der Waals surface area contributed by atoms with Crippen LogP contribution >= 0.6 is 25.3 Å². The third-order valence-corrected chi connectivity index (χ3v) is 2.04. The van der Waals surface area contributed by atoms with Gasteiger partial charge in [0, 0.05) is 0 Å². The summed E-state index contributed by atoms with van der Waals surface area (Å²) in [7, 11) is 0. The van der Waals surface area contributed by atoms with Crippen LogP contribution in [0.3, 0.4) is 0 Å². The first kappa shape index (κ1) is 25.2. The summed E-state index contributed by atoms with van der Waals surface area (Å²) < 4.78 is 0. The second kappa shape index (κ2) is 14.2. The monoisotopic (exact) mass is 388 g/mol. The molecule has 0 heterocycles. The molecular weight excluding hydrogens is 374 g/mol. The van der Waals surface area contributed by atoms with Gasteiger partial charge in [-0.15, -0.1) is 0 Å². The number of carbonyl (C=O) groups is 4. The van der Waals surface area contributed by atoms with Crippen molar-refractivity contribution in [2.24, 2.45) is 0 Å². The third kappa shape index (κ3) is 19.2. The molecule has 2 N–H and O–H groups in total. The van der Waals surface area contributed by atoms with E-state index >= 15 is 0 Å². The number of hydrogen-bond donors (Lipinski definition) is 4. The van der Waals surface area contributed by atoms with Gasteiger partial charge in [0.1, 0.15) is 0 Å². The molecule has 0 saturated carbocycles. The second-order valence-electron chi connectivity index (χ2n) is 3.53. The Morgan fingerprint density at radius 3 is 1.24 bits per heavy atom. The average Bonchev–Trinajstić information content (AvgIpc) is 2.33. The van der Waals surface area contributed by atoms with Gasteiger partial charge in [-0.2, -0.15) is 25.3 Å². The molecule has 0 aromatic rings. The standard InChI is InChI=1S/2C5H9NO3S.Zn/c2*1-3(10)5(9)6-2-4(7)8;/h2*3,10H,2H2,1H3,(H,6,9)(H,7,8);/q;;+2/p-2. The Morgan fingerprint density at radius 1 is 0.857 bits per heavy atom. The number of nitrogens with one attached hydrogen (secondary N) is 2. The summed E-state index contributed by atoms with van der Waals surface area (Å²) >= 11 is 7.54. The van der Waals surface area contributed by atoms with Gasteiger partial charge in [0.05, 0.1) is 35.5 Å². The molecule has 0 aromatic heterocycles. The Labute approximate surface area is 146 Å². The summed E-state index contributed by atoms with van der Waals surface area (Å²) in [6.45, 7) is 2.19. The van der Waals surface area contributed by atoms with Crippen LogP contribution in [0.1, 0.15) is 13.8 Å². The summed E-state index contributed by atoms with van der Waals surface area (Å²) in [6, 6.07) is 0. The predicted octanol–water partition coefficient (Wildman–Crippen LogP) is -3.66. The molecule has 0 rings (SSSR count). The second-order valence-corrected chi connectivity index (χ2v) is 5.08. The molecule has 0 spiro atoms. The maximum Gasteiger partial charge on any atom is 2.00 e. The summed E-state index contributed by atoms with van der Waals surface area (Å²) in [4.78, 5) is 40.7. The number of carboxylic acids is 2. The summed E-state index contributed by atoms with van der Waals surface area (Å²) in [5, 5.41) is 22.8. The van der Waals surface area contributed by atoms with Crippen LogP contribution in [0.15, 0.2) is 0 Å². The molecule has 8 nitrogen and oxygen atoms in total. The zero-order valence-electron chi connectivity index (χ0n) is 11.6. The zero-order valence-corrected chi connectivity index (χ0v) is 16.4. The van der Waals surface area contributed by atoms with Gasteiger partial charge >= 0.3 is 19.5 Å². The van der Waals surface area contributed by atoms with Crippen molar-refractivity contribution in [1.29, 1.82) is 0 Å². The number of hydrogen-bond acceptors (Lipinski definition) is 8. The van der Waals surface area contributed by atoms with Crippen molar-refractivity contribution in [3.63, 3.8) is 0 Å². The van der Waals surface area contributed by atoms with Crippen molar-refractivity contribution < 1.29 is 48.9 Å². The molecule has 0 aliphatic rings. The fraction of sp³-hybridized carbons (Fsp3) is 0.600. The van der Waals surface area contributed by atoms with Crippen LogP contribution in [-0.2, 0) is 38.7 Å². The first-order valence-electron chi connectivity index (χ1n) is 5.39. The normalized spacial score (nSPS) is 11.6. The Balaban J connectivity index is -0.000000295. The van der Waals surface area contributed by atoms with E-state index in [-0.39, 0.29) is 19.5 Å². The third-order valence-electron chi connectivity index (χ3n) is 1.57. The number of carboxylic acid groups (broad SMARTS) is 2. The SMILES string of the molecule is CC(S)C(=O)NCC(=O)[O-].CC(S)C(=O)NCC(=O)[O-].[Zn+2]. The van der Waals surface area contributed by atoms with E-state index in [4.69, 9.17) is 0 Å². The van der Waals surface area contributed by atoms with E-state index in [1.54, 1.807) is 13.8 Å². The zero-order chi connectivity index (χ0) is 16.3. The van der Waals surface area contributed by atoms with E-state index < -0.39 is 47.3 Å². The van der Waals surface area contributed by atoms with Crippen LogP contribution in [-0.4, -0.2) is 47.3 Å². The van der Waals surface area contributed by atoms with Gasteiger partial charge in [-0.05, 0) is 13.8 Å². The van der Waals surface area contributed by atoms with Crippen molar-refractivity contribution in [2.45, 2.75) is 24.3 Å². The fourth-order valence-corrected chi connectivity index (χ4v) is 0.797. The predicted molar refractivity (Wildman–Crippen MR) is 72.9 cm³/mol. The Kier molecular flexibility index (Phi) is 17.0. The van der Waals surface area contributed by atoms with E-state index in [1.165, 1.54) is 0 Å². The number of carbonyl (C=O) groups excluding carboxylic acids is 4. The molecule has 11 heteroatoms. The van der Waals surface area contributed by atoms with Crippen LogP contribution < -0.4 is 20.8 Å². The Hall–Kier alpha value is -0.797. The number of aliphatic carboxylic acids is 2. The van der Waals surface area contributed by atoms with Crippen molar-refractivity contribution in [3.8, 4) is 0 Å². The van der Waals surface area contributed by atoms with Crippen LogP contribution in [0.2, 0.25) is 0 Å². The quantitative estimate of drug-likeness (QED) is 0.273. The van der Waals surface area contributed by atoms with E-state index in [2.05, 4.69) is 35.9 Å². The topological polar surface area (TPSA) is 138 Å². The van der Waals surface area contributed by atoms with Crippen molar-refractivity contribution >= 4 is 49.0 Å². The number of rotatable bonds is 6. The minimum Gasteiger partial charge on any atom is -0.548 e. The van der Waals surface area contributed by atoms with Gasteiger partial charge in [0.25, 0.3) is 0 Å². The van der Waals surface area contributed by atoms with Gasteiger partial charge in [0.15, 0.2) is 0 Å². The first-order chi connectivity index (χ1) is 9.07. The minimum atomic E-state index is -1.30. The first-order valence-corrected chi connectivity index (χ1v) is 6.42. The van der Waals surface area contributed by atoms with Crippen molar-refractivity contribution in [3.05, 3.63) is 0 Å². The molecule has 0 aliphatic carbocycles. The molecule has 0 saturated heterocycles. The molecule has 0 fully saturated rings. The van der Waals surface area contributed by atoms with Crippen LogP contribution in [0.5, 0.6) is 0 Å². The Bertz CT molecular complexity index is 331. The van der Waals surface area contributed by atoms with Crippen LogP contribution in [0, 0.1) is 0 Å². The van der Waals surface area contributed by atoms with Gasteiger partial charge in [-0.1, -0.05) is 0 Å². The average molecular weight is 390 g/mol. The minimum absolute atomic E-state index is 0. The maximum atomic E-state index is 10.6. The molecular formula is C10H16N2O6S2Zn. The van der Waals surface area contributed by atoms with E-state index in [1.807, 2.05) is 0 Å².